The van der Waals surface area contributed by atoms with Crippen molar-refractivity contribution >= 4 is 77.5 Å². The summed E-state index contributed by atoms with van der Waals surface area (Å²) in [5, 5.41) is 5.72. The molecule has 0 saturated carbocycles. The zero-order valence-electron chi connectivity index (χ0n) is 22.0. The summed E-state index contributed by atoms with van der Waals surface area (Å²) in [6, 6.07) is 18.1. The average Bonchev–Trinajstić information content (AvgIpc) is 3.47. The molecule has 0 unspecified atom stereocenters. The number of nitrogens with one attached hydrogen (secondary N) is 2. The molecule has 0 amide bonds. The lowest BCUT2D eigenvalue weighted by Crippen LogP contribution is -1.93. The number of hydrogen-bond donors (Lipinski definition) is 2. The normalized spacial score (nSPS) is 11.0. The predicted octanol–water partition coefficient (Wildman–Crippen LogP) is 10.2. The molecule has 0 atom stereocenters. The fraction of sp³-hybridized carbons (Fsp3) is 0.133. The molecule has 4 aromatic carbocycles. The van der Waals surface area contributed by atoms with Gasteiger partial charge in [-0.2, -0.15) is 9.97 Å². The first-order valence-corrected chi connectivity index (χ1v) is 13.8. The van der Waals surface area contributed by atoms with Gasteiger partial charge in [-0.15, -0.1) is 0 Å². The highest BCUT2D eigenvalue weighted by Crippen LogP contribution is 2.29. The maximum atomic E-state index is 13.8. The molecule has 2 aromatic heterocycles. The van der Waals surface area contributed by atoms with Crippen molar-refractivity contribution < 1.29 is 17.6 Å². The molecule has 0 aliphatic heterocycles. The van der Waals surface area contributed by atoms with Crippen LogP contribution >= 0.6 is 31.9 Å². The number of aryl methyl sites for hydroxylation is 4. The Balaban J connectivity index is 0.000000161. The molecule has 6 aromatic rings. The molecule has 0 aliphatic rings. The van der Waals surface area contributed by atoms with E-state index < -0.39 is 0 Å². The van der Waals surface area contributed by atoms with Gasteiger partial charge in [-0.1, -0.05) is 44.0 Å². The van der Waals surface area contributed by atoms with Gasteiger partial charge >= 0.3 is 0 Å². The van der Waals surface area contributed by atoms with E-state index in [1.807, 2.05) is 52.0 Å². The Morgan fingerprint density at radius 2 is 1.00 bits per heavy atom. The third kappa shape index (κ3) is 6.18. The van der Waals surface area contributed by atoms with Gasteiger partial charge in [0, 0.05) is 8.95 Å². The Hall–Kier alpha value is -3.76. The monoisotopic (exact) mass is 668 g/mol. The highest BCUT2D eigenvalue weighted by atomic mass is 79.9. The molecule has 0 saturated heterocycles. The summed E-state index contributed by atoms with van der Waals surface area (Å²) in [6.45, 7) is 7.93. The summed E-state index contributed by atoms with van der Waals surface area (Å²) in [7, 11) is 0. The smallest absolute Gasteiger partial charge is 0.300 e. The lowest BCUT2D eigenvalue weighted by molar-refractivity contribution is 0.610. The molecule has 0 bridgehead atoms. The number of oxazole rings is 2. The van der Waals surface area contributed by atoms with Crippen molar-refractivity contribution in [1.29, 1.82) is 0 Å². The zero-order chi connectivity index (χ0) is 28.6. The van der Waals surface area contributed by atoms with E-state index in [1.54, 1.807) is 24.3 Å². The second-order valence-corrected chi connectivity index (χ2v) is 11.2. The molecule has 204 valence electrons. The van der Waals surface area contributed by atoms with Gasteiger partial charge in [-0.25, -0.2) is 8.78 Å². The molecule has 6 rings (SSSR count). The molecule has 40 heavy (non-hydrogen) atoms. The minimum atomic E-state index is -0.366. The third-order valence-electron chi connectivity index (χ3n) is 5.99. The number of nitrogens with zero attached hydrogens (tertiary/aromatic N) is 2. The Bertz CT molecular complexity index is 1730. The van der Waals surface area contributed by atoms with Crippen molar-refractivity contribution in [3.8, 4) is 0 Å². The molecule has 0 fully saturated rings. The molecule has 6 nitrogen and oxygen atoms in total. The van der Waals surface area contributed by atoms with Gasteiger partial charge in [0.25, 0.3) is 12.0 Å². The van der Waals surface area contributed by atoms with Crippen LogP contribution in [0.2, 0.25) is 0 Å². The number of aromatic nitrogens is 2. The van der Waals surface area contributed by atoms with E-state index in [1.165, 1.54) is 12.1 Å². The summed E-state index contributed by atoms with van der Waals surface area (Å²) >= 11 is 6.44. The van der Waals surface area contributed by atoms with E-state index in [-0.39, 0.29) is 23.7 Å². The maximum Gasteiger partial charge on any atom is 0.300 e. The molecule has 10 heteroatoms. The first-order valence-electron chi connectivity index (χ1n) is 12.3. The van der Waals surface area contributed by atoms with Gasteiger partial charge in [0.1, 0.15) is 22.7 Å². The van der Waals surface area contributed by atoms with Gasteiger partial charge < -0.3 is 19.5 Å². The summed E-state index contributed by atoms with van der Waals surface area (Å²) < 4.78 is 40.2. The average molecular weight is 670 g/mol. The summed E-state index contributed by atoms with van der Waals surface area (Å²) in [5.41, 5.74) is 7.88. The van der Waals surface area contributed by atoms with E-state index in [9.17, 15) is 8.78 Å². The van der Waals surface area contributed by atoms with Crippen LogP contribution in [0.3, 0.4) is 0 Å². The topological polar surface area (TPSA) is 76.1 Å². The van der Waals surface area contributed by atoms with E-state index in [0.717, 1.165) is 44.5 Å². The van der Waals surface area contributed by atoms with E-state index in [2.05, 4.69) is 52.5 Å². The van der Waals surface area contributed by atoms with Crippen molar-refractivity contribution in [2.75, 3.05) is 10.6 Å². The predicted molar refractivity (Wildman–Crippen MR) is 162 cm³/mol. The van der Waals surface area contributed by atoms with Crippen molar-refractivity contribution in [3.63, 3.8) is 0 Å². The van der Waals surface area contributed by atoms with Crippen LogP contribution < -0.4 is 10.6 Å². The van der Waals surface area contributed by atoms with Crippen LogP contribution in [-0.4, -0.2) is 9.97 Å². The minimum Gasteiger partial charge on any atom is -0.423 e. The standard InChI is InChI=1S/2C15H12BrFN2O/c2*1-8-5-9(2)14-13(6-8)19-15(20-14)18-12-4-3-10(16)7-11(12)17/h2*3-7H,1-2H3,(H,18,19). The van der Waals surface area contributed by atoms with E-state index in [4.69, 9.17) is 8.83 Å². The fourth-order valence-electron chi connectivity index (χ4n) is 4.27. The lowest BCUT2D eigenvalue weighted by Gasteiger charge is -2.03. The van der Waals surface area contributed by atoms with E-state index in [0.29, 0.717) is 20.3 Å². The third-order valence-corrected chi connectivity index (χ3v) is 6.97. The zero-order valence-corrected chi connectivity index (χ0v) is 25.2. The van der Waals surface area contributed by atoms with Crippen LogP contribution in [0.5, 0.6) is 0 Å². The number of hydrogen-bond acceptors (Lipinski definition) is 6. The number of anilines is 4. The Morgan fingerprint density at radius 3 is 1.38 bits per heavy atom. The number of halogens is 4. The highest BCUT2D eigenvalue weighted by molar-refractivity contribution is 9.10. The highest BCUT2D eigenvalue weighted by Gasteiger charge is 2.12. The molecular weight excluding hydrogens is 646 g/mol. The van der Waals surface area contributed by atoms with Gasteiger partial charge in [0.2, 0.25) is 0 Å². The number of rotatable bonds is 4. The second kappa shape index (κ2) is 11.4. The van der Waals surface area contributed by atoms with Crippen LogP contribution in [0.15, 0.2) is 78.4 Å². The van der Waals surface area contributed by atoms with E-state index >= 15 is 0 Å². The molecular formula is C30H24Br2F2N4O2. The van der Waals surface area contributed by atoms with Crippen LogP contribution in [-0.2, 0) is 0 Å². The Labute approximate surface area is 246 Å². The van der Waals surface area contributed by atoms with Gasteiger partial charge in [-0.3, -0.25) is 0 Å². The number of fused-ring (bicyclic) bond motifs is 2. The quantitative estimate of drug-likeness (QED) is 0.195. The van der Waals surface area contributed by atoms with Crippen molar-refractivity contribution in [3.05, 3.63) is 103 Å². The number of benzene rings is 4. The lowest BCUT2D eigenvalue weighted by atomic mass is 10.1. The molecule has 0 spiro atoms. The molecule has 2 heterocycles. The summed E-state index contributed by atoms with van der Waals surface area (Å²) in [5.74, 6) is -0.732. The van der Waals surface area contributed by atoms with Gasteiger partial charge in [0.05, 0.1) is 11.4 Å². The molecule has 0 radical (unpaired) electrons. The van der Waals surface area contributed by atoms with Gasteiger partial charge in [0.15, 0.2) is 11.2 Å². The van der Waals surface area contributed by atoms with Crippen LogP contribution in [0.4, 0.5) is 32.2 Å². The molecule has 2 N–H and O–H groups in total. The maximum absolute atomic E-state index is 13.8. The summed E-state index contributed by atoms with van der Waals surface area (Å²) in [4.78, 5) is 8.67. The van der Waals surface area contributed by atoms with Crippen molar-refractivity contribution in [2.45, 2.75) is 27.7 Å². The first-order chi connectivity index (χ1) is 19.0. The summed E-state index contributed by atoms with van der Waals surface area (Å²) in [6.07, 6.45) is 0. The Morgan fingerprint density at radius 1 is 0.600 bits per heavy atom. The van der Waals surface area contributed by atoms with Gasteiger partial charge in [-0.05, 0) is 98.5 Å². The fourth-order valence-corrected chi connectivity index (χ4v) is 4.94. The van der Waals surface area contributed by atoms with Crippen LogP contribution in [0.1, 0.15) is 22.3 Å². The van der Waals surface area contributed by atoms with Crippen LogP contribution in [0, 0.1) is 39.3 Å². The van der Waals surface area contributed by atoms with Crippen molar-refractivity contribution in [2.24, 2.45) is 0 Å². The van der Waals surface area contributed by atoms with Crippen molar-refractivity contribution in [1.82, 2.24) is 9.97 Å². The Kier molecular flexibility index (Phi) is 7.91. The minimum absolute atomic E-state index is 0.287. The molecule has 0 aliphatic carbocycles. The largest absolute Gasteiger partial charge is 0.423 e. The second-order valence-electron chi connectivity index (χ2n) is 9.40. The SMILES string of the molecule is Cc1cc(C)c2oc(Nc3ccc(Br)cc3F)nc2c1.Cc1cc(C)c2oc(Nc3ccc(Br)cc3F)nc2c1. The van der Waals surface area contributed by atoms with Crippen LogP contribution in [0.25, 0.3) is 22.2 Å². The first kappa shape index (κ1) is 27.8.